The van der Waals surface area contributed by atoms with Crippen LogP contribution < -0.4 is 10.1 Å². The topological polar surface area (TPSA) is 21.3 Å². The van der Waals surface area contributed by atoms with E-state index >= 15 is 0 Å². The number of aryl methyl sites for hydroxylation is 1. The number of nitrogens with one attached hydrogen (secondary N) is 1. The molecule has 0 saturated carbocycles. The van der Waals surface area contributed by atoms with Gasteiger partial charge >= 0.3 is 0 Å². The normalized spacial score (nSPS) is 12.2. The molecule has 4 heteroatoms. The molecule has 0 aromatic heterocycles. The van der Waals surface area contributed by atoms with Crippen LogP contribution in [-0.4, -0.2) is 14.2 Å². The summed E-state index contributed by atoms with van der Waals surface area (Å²) in [6, 6.07) is 9.49. The van der Waals surface area contributed by atoms with Gasteiger partial charge in [-0.2, -0.15) is 0 Å². The van der Waals surface area contributed by atoms with E-state index in [0.29, 0.717) is 5.56 Å². The minimum Gasteiger partial charge on any atom is -0.494 e. The molecule has 0 aliphatic carbocycles. The van der Waals surface area contributed by atoms with Crippen LogP contribution in [0.4, 0.5) is 8.78 Å². The molecular weight excluding hydrogens is 260 g/mol. The second-order valence-corrected chi connectivity index (χ2v) is 4.62. The van der Waals surface area contributed by atoms with Crippen LogP contribution in [-0.2, 0) is 0 Å². The summed E-state index contributed by atoms with van der Waals surface area (Å²) < 4.78 is 32.1. The zero-order valence-electron chi connectivity index (χ0n) is 11.7. The Balaban J connectivity index is 2.43. The molecule has 0 aliphatic rings. The van der Waals surface area contributed by atoms with Gasteiger partial charge in [0.25, 0.3) is 0 Å². The van der Waals surface area contributed by atoms with Gasteiger partial charge < -0.3 is 10.1 Å². The second-order valence-electron chi connectivity index (χ2n) is 4.62. The maximum absolute atomic E-state index is 13.7. The fourth-order valence-corrected chi connectivity index (χ4v) is 2.17. The van der Waals surface area contributed by atoms with Gasteiger partial charge in [0.2, 0.25) is 0 Å². The third kappa shape index (κ3) is 2.80. The monoisotopic (exact) mass is 277 g/mol. The van der Waals surface area contributed by atoms with Crippen LogP contribution >= 0.6 is 0 Å². The summed E-state index contributed by atoms with van der Waals surface area (Å²) in [7, 11) is 3.19. The largest absolute Gasteiger partial charge is 0.494 e. The van der Waals surface area contributed by atoms with Gasteiger partial charge in [-0.1, -0.05) is 18.2 Å². The van der Waals surface area contributed by atoms with E-state index in [2.05, 4.69) is 5.32 Å². The summed E-state index contributed by atoms with van der Waals surface area (Å²) in [4.78, 5) is 0. The lowest BCUT2D eigenvalue weighted by Gasteiger charge is -2.18. The molecule has 1 N–H and O–H groups in total. The maximum Gasteiger partial charge on any atom is 0.165 e. The van der Waals surface area contributed by atoms with Crippen molar-refractivity contribution in [3.63, 3.8) is 0 Å². The van der Waals surface area contributed by atoms with Crippen molar-refractivity contribution in [3.8, 4) is 5.75 Å². The first-order chi connectivity index (χ1) is 9.56. The molecule has 0 fully saturated rings. The summed E-state index contributed by atoms with van der Waals surface area (Å²) in [6.07, 6.45) is 0. The first-order valence-corrected chi connectivity index (χ1v) is 6.33. The average Bonchev–Trinajstić information content (AvgIpc) is 2.45. The number of rotatable bonds is 4. The molecular formula is C16H17F2NO. The molecule has 0 bridgehead atoms. The lowest BCUT2D eigenvalue weighted by atomic mass is 9.97. The zero-order chi connectivity index (χ0) is 14.7. The van der Waals surface area contributed by atoms with E-state index in [1.54, 1.807) is 32.2 Å². The summed E-state index contributed by atoms with van der Waals surface area (Å²) in [5.41, 5.74) is 2.19. The molecule has 2 aromatic carbocycles. The average molecular weight is 277 g/mol. The summed E-state index contributed by atoms with van der Waals surface area (Å²) >= 11 is 0. The first kappa shape index (κ1) is 14.5. The Kier molecular flexibility index (Phi) is 4.35. The molecule has 106 valence electrons. The highest BCUT2D eigenvalue weighted by molar-refractivity contribution is 5.38. The summed E-state index contributed by atoms with van der Waals surface area (Å²) in [6.45, 7) is 1.72. The minimum atomic E-state index is -0.416. The maximum atomic E-state index is 13.7. The Labute approximate surface area is 117 Å². The van der Waals surface area contributed by atoms with Gasteiger partial charge in [-0.05, 0) is 48.9 Å². The van der Waals surface area contributed by atoms with E-state index in [4.69, 9.17) is 4.74 Å². The highest BCUT2D eigenvalue weighted by Crippen LogP contribution is 2.27. The Hall–Kier alpha value is -1.94. The van der Waals surface area contributed by atoms with Crippen molar-refractivity contribution in [1.29, 1.82) is 0 Å². The van der Waals surface area contributed by atoms with Crippen molar-refractivity contribution < 1.29 is 13.5 Å². The van der Waals surface area contributed by atoms with Crippen molar-refractivity contribution in [2.75, 3.05) is 14.2 Å². The Morgan fingerprint density at radius 3 is 2.25 bits per heavy atom. The number of halogens is 2. The van der Waals surface area contributed by atoms with Crippen LogP contribution in [0, 0.1) is 18.6 Å². The highest BCUT2D eigenvalue weighted by Gasteiger charge is 2.15. The molecule has 2 aromatic rings. The van der Waals surface area contributed by atoms with E-state index in [-0.39, 0.29) is 17.6 Å². The molecule has 1 atom stereocenters. The van der Waals surface area contributed by atoms with Gasteiger partial charge in [0, 0.05) is 0 Å². The lowest BCUT2D eigenvalue weighted by molar-refractivity contribution is 0.385. The number of hydrogen-bond acceptors (Lipinski definition) is 2. The van der Waals surface area contributed by atoms with Gasteiger partial charge in [0.1, 0.15) is 5.82 Å². The van der Waals surface area contributed by atoms with Crippen molar-refractivity contribution in [3.05, 3.63) is 64.7 Å². The zero-order valence-corrected chi connectivity index (χ0v) is 11.7. The molecule has 0 heterocycles. The van der Waals surface area contributed by atoms with Crippen LogP contribution in [0.2, 0.25) is 0 Å². The second kappa shape index (κ2) is 6.01. The first-order valence-electron chi connectivity index (χ1n) is 6.33. The van der Waals surface area contributed by atoms with Gasteiger partial charge in [-0.15, -0.1) is 0 Å². The smallest absolute Gasteiger partial charge is 0.165 e. The number of hydrogen-bond donors (Lipinski definition) is 1. The fraction of sp³-hybridized carbons (Fsp3) is 0.250. The standard InChI is InChI=1S/C16H17F2NO/c1-10-4-5-11(8-14(10)18)16(19-2)12-6-7-13(17)15(9-12)20-3/h4-9,16,19H,1-3H3. The fourth-order valence-electron chi connectivity index (χ4n) is 2.17. The van der Waals surface area contributed by atoms with Gasteiger partial charge in [0.05, 0.1) is 13.2 Å². The third-order valence-corrected chi connectivity index (χ3v) is 3.33. The molecule has 2 nitrogen and oxygen atoms in total. The number of benzene rings is 2. The lowest BCUT2D eigenvalue weighted by Crippen LogP contribution is -2.18. The molecule has 0 spiro atoms. The molecule has 2 rings (SSSR count). The molecule has 0 radical (unpaired) electrons. The Morgan fingerprint density at radius 1 is 1.00 bits per heavy atom. The molecule has 0 aliphatic heterocycles. The number of ether oxygens (including phenoxy) is 1. The van der Waals surface area contributed by atoms with Crippen LogP contribution in [0.5, 0.6) is 5.75 Å². The van der Waals surface area contributed by atoms with Gasteiger partial charge in [-0.25, -0.2) is 8.78 Å². The van der Waals surface area contributed by atoms with Crippen molar-refractivity contribution in [2.45, 2.75) is 13.0 Å². The SMILES string of the molecule is CNC(c1ccc(C)c(F)c1)c1ccc(F)c(OC)c1. The molecule has 20 heavy (non-hydrogen) atoms. The van der Waals surface area contributed by atoms with E-state index in [0.717, 1.165) is 11.1 Å². The van der Waals surface area contributed by atoms with E-state index in [1.807, 2.05) is 6.07 Å². The minimum absolute atomic E-state index is 0.176. The Morgan fingerprint density at radius 2 is 1.65 bits per heavy atom. The van der Waals surface area contributed by atoms with E-state index < -0.39 is 5.82 Å². The molecule has 0 amide bonds. The molecule has 0 saturated heterocycles. The van der Waals surface area contributed by atoms with Gasteiger partial charge in [-0.3, -0.25) is 0 Å². The van der Waals surface area contributed by atoms with E-state index in [1.165, 1.54) is 19.2 Å². The van der Waals surface area contributed by atoms with E-state index in [9.17, 15) is 8.78 Å². The molecule has 1 unspecified atom stereocenters. The quantitative estimate of drug-likeness (QED) is 0.922. The van der Waals surface area contributed by atoms with Gasteiger partial charge in [0.15, 0.2) is 11.6 Å². The van der Waals surface area contributed by atoms with Crippen LogP contribution in [0.15, 0.2) is 36.4 Å². The van der Waals surface area contributed by atoms with Crippen LogP contribution in [0.3, 0.4) is 0 Å². The summed E-state index contributed by atoms with van der Waals surface area (Å²) in [5, 5.41) is 3.11. The van der Waals surface area contributed by atoms with Crippen molar-refractivity contribution in [1.82, 2.24) is 5.32 Å². The van der Waals surface area contributed by atoms with Crippen molar-refractivity contribution >= 4 is 0 Å². The highest BCUT2D eigenvalue weighted by atomic mass is 19.1. The Bertz CT molecular complexity index is 613. The van der Waals surface area contributed by atoms with Crippen molar-refractivity contribution in [2.24, 2.45) is 0 Å². The predicted molar refractivity (Wildman–Crippen MR) is 75.0 cm³/mol. The van der Waals surface area contributed by atoms with Crippen LogP contribution in [0.1, 0.15) is 22.7 Å². The predicted octanol–water partition coefficient (Wildman–Crippen LogP) is 3.59. The summed E-state index contributed by atoms with van der Waals surface area (Å²) in [5.74, 6) is -0.492. The number of methoxy groups -OCH3 is 1. The van der Waals surface area contributed by atoms with Crippen LogP contribution in [0.25, 0.3) is 0 Å². The third-order valence-electron chi connectivity index (χ3n) is 3.33.